The van der Waals surface area contributed by atoms with Gasteiger partial charge in [-0.3, -0.25) is 9.59 Å². The average Bonchev–Trinajstić information content (AvgIpc) is 3.17. The molecule has 0 saturated carbocycles. The van der Waals surface area contributed by atoms with Gasteiger partial charge in [-0.25, -0.2) is 4.98 Å². The molecule has 0 spiro atoms. The number of nitrogens with zero attached hydrogens (tertiary/aromatic N) is 3. The molecule has 1 fully saturated rings. The third kappa shape index (κ3) is 3.56. The van der Waals surface area contributed by atoms with Gasteiger partial charge in [-0.15, -0.1) is 0 Å². The minimum absolute atomic E-state index is 0.0874. The molecule has 1 aliphatic heterocycles. The largest absolute Gasteiger partial charge is 0.459 e. The SMILES string of the molecule is C[C@@H](NC(=O)c1ccco1)C(=O)N1CCN(c2ccccn2)CC1. The molecule has 24 heavy (non-hydrogen) atoms. The second-order valence-electron chi connectivity index (χ2n) is 5.67. The molecule has 1 saturated heterocycles. The van der Waals surface area contributed by atoms with Crippen LogP contribution in [0.3, 0.4) is 0 Å². The number of nitrogens with one attached hydrogen (secondary N) is 1. The first kappa shape index (κ1) is 16.0. The van der Waals surface area contributed by atoms with Crippen LogP contribution in [0.5, 0.6) is 0 Å². The fraction of sp³-hybridized carbons (Fsp3) is 0.353. The summed E-state index contributed by atoms with van der Waals surface area (Å²) in [7, 11) is 0. The van der Waals surface area contributed by atoms with Crippen molar-refractivity contribution in [2.45, 2.75) is 13.0 Å². The first-order valence-electron chi connectivity index (χ1n) is 7.94. The zero-order valence-electron chi connectivity index (χ0n) is 13.5. The Labute approximate surface area is 140 Å². The summed E-state index contributed by atoms with van der Waals surface area (Å²) in [6.45, 7) is 4.35. The summed E-state index contributed by atoms with van der Waals surface area (Å²) in [6, 6.07) is 8.41. The van der Waals surface area contributed by atoms with E-state index in [1.807, 2.05) is 18.2 Å². The number of amides is 2. The highest BCUT2D eigenvalue weighted by molar-refractivity contribution is 5.95. The number of carbonyl (C=O) groups excluding carboxylic acids is 2. The van der Waals surface area contributed by atoms with E-state index in [-0.39, 0.29) is 17.6 Å². The van der Waals surface area contributed by atoms with Crippen molar-refractivity contribution >= 4 is 17.6 Å². The van der Waals surface area contributed by atoms with Gasteiger partial charge < -0.3 is 19.5 Å². The Kier molecular flexibility index (Phi) is 4.79. The monoisotopic (exact) mass is 328 g/mol. The third-order valence-electron chi connectivity index (χ3n) is 4.03. The van der Waals surface area contributed by atoms with Crippen molar-refractivity contribution in [3.63, 3.8) is 0 Å². The minimum Gasteiger partial charge on any atom is -0.459 e. The molecule has 126 valence electrons. The molecule has 3 rings (SSSR count). The van der Waals surface area contributed by atoms with Gasteiger partial charge in [-0.2, -0.15) is 0 Å². The van der Waals surface area contributed by atoms with E-state index in [0.717, 1.165) is 18.9 Å². The van der Waals surface area contributed by atoms with Crippen LogP contribution in [-0.2, 0) is 4.79 Å². The van der Waals surface area contributed by atoms with Crippen molar-refractivity contribution < 1.29 is 14.0 Å². The van der Waals surface area contributed by atoms with Crippen LogP contribution in [0.25, 0.3) is 0 Å². The van der Waals surface area contributed by atoms with Crippen molar-refractivity contribution in [2.24, 2.45) is 0 Å². The third-order valence-corrected chi connectivity index (χ3v) is 4.03. The lowest BCUT2D eigenvalue weighted by atomic mass is 10.2. The van der Waals surface area contributed by atoms with Gasteiger partial charge in [0.1, 0.15) is 11.9 Å². The number of hydrogen-bond acceptors (Lipinski definition) is 5. The van der Waals surface area contributed by atoms with Crippen molar-refractivity contribution in [3.8, 4) is 0 Å². The molecule has 7 heteroatoms. The maximum Gasteiger partial charge on any atom is 0.287 e. The van der Waals surface area contributed by atoms with E-state index in [1.165, 1.54) is 6.26 Å². The summed E-state index contributed by atoms with van der Waals surface area (Å²) < 4.78 is 5.03. The molecule has 0 unspecified atom stereocenters. The Morgan fingerprint density at radius 1 is 1.17 bits per heavy atom. The number of anilines is 1. The molecule has 7 nitrogen and oxygen atoms in total. The first-order chi connectivity index (χ1) is 11.6. The first-order valence-corrected chi connectivity index (χ1v) is 7.94. The van der Waals surface area contributed by atoms with E-state index in [1.54, 1.807) is 30.2 Å². The van der Waals surface area contributed by atoms with E-state index in [9.17, 15) is 9.59 Å². The highest BCUT2D eigenvalue weighted by atomic mass is 16.3. The van der Waals surface area contributed by atoms with Gasteiger partial charge in [0.05, 0.1) is 6.26 Å². The molecule has 1 aliphatic rings. The Morgan fingerprint density at radius 3 is 2.58 bits per heavy atom. The summed E-state index contributed by atoms with van der Waals surface area (Å²) >= 11 is 0. The van der Waals surface area contributed by atoms with Crippen LogP contribution in [0.1, 0.15) is 17.5 Å². The Hall–Kier alpha value is -2.83. The van der Waals surface area contributed by atoms with Crippen molar-refractivity contribution in [1.82, 2.24) is 15.2 Å². The van der Waals surface area contributed by atoms with Crippen LogP contribution in [0.15, 0.2) is 47.2 Å². The van der Waals surface area contributed by atoms with E-state index in [2.05, 4.69) is 15.2 Å². The van der Waals surface area contributed by atoms with Gasteiger partial charge in [0.25, 0.3) is 5.91 Å². The van der Waals surface area contributed by atoms with E-state index >= 15 is 0 Å². The standard InChI is InChI=1S/C17H20N4O3/c1-13(19-16(22)14-5-4-12-24-14)17(23)21-10-8-20(9-11-21)15-6-2-3-7-18-15/h2-7,12-13H,8-11H2,1H3,(H,19,22)/t13-/m1/s1. The number of piperazine rings is 1. The maximum atomic E-state index is 12.5. The van der Waals surface area contributed by atoms with Gasteiger partial charge >= 0.3 is 0 Å². The van der Waals surface area contributed by atoms with Gasteiger partial charge in [0, 0.05) is 32.4 Å². The summed E-state index contributed by atoms with van der Waals surface area (Å²) in [5, 5.41) is 2.67. The smallest absolute Gasteiger partial charge is 0.287 e. The molecule has 2 amide bonds. The Balaban J connectivity index is 1.52. The number of carbonyl (C=O) groups is 2. The maximum absolute atomic E-state index is 12.5. The van der Waals surface area contributed by atoms with E-state index < -0.39 is 6.04 Å². The summed E-state index contributed by atoms with van der Waals surface area (Å²) in [4.78, 5) is 32.7. The van der Waals surface area contributed by atoms with E-state index in [4.69, 9.17) is 4.42 Å². The number of hydrogen-bond donors (Lipinski definition) is 1. The molecular formula is C17H20N4O3. The van der Waals surface area contributed by atoms with Crippen LogP contribution in [0, 0.1) is 0 Å². The predicted octanol–water partition coefficient (Wildman–Crippen LogP) is 1.14. The van der Waals surface area contributed by atoms with Gasteiger partial charge in [-0.1, -0.05) is 6.07 Å². The zero-order valence-corrected chi connectivity index (χ0v) is 13.5. The summed E-state index contributed by atoms with van der Waals surface area (Å²) in [5.41, 5.74) is 0. The lowest BCUT2D eigenvalue weighted by Gasteiger charge is -2.36. The lowest BCUT2D eigenvalue weighted by molar-refractivity contribution is -0.133. The minimum atomic E-state index is -0.594. The van der Waals surface area contributed by atoms with Crippen LogP contribution in [-0.4, -0.2) is 53.9 Å². The zero-order chi connectivity index (χ0) is 16.9. The molecule has 2 aromatic rings. The molecule has 1 N–H and O–H groups in total. The molecule has 2 aromatic heterocycles. The highest BCUT2D eigenvalue weighted by Gasteiger charge is 2.26. The lowest BCUT2D eigenvalue weighted by Crippen LogP contribution is -2.54. The highest BCUT2D eigenvalue weighted by Crippen LogP contribution is 2.13. The van der Waals surface area contributed by atoms with Crippen LogP contribution >= 0.6 is 0 Å². The van der Waals surface area contributed by atoms with Crippen molar-refractivity contribution in [1.29, 1.82) is 0 Å². The summed E-state index contributed by atoms with van der Waals surface area (Å²) in [6.07, 6.45) is 3.19. The molecule has 3 heterocycles. The molecule has 0 bridgehead atoms. The Morgan fingerprint density at radius 2 is 1.96 bits per heavy atom. The van der Waals surface area contributed by atoms with Crippen molar-refractivity contribution in [2.75, 3.05) is 31.1 Å². The number of pyridine rings is 1. The predicted molar refractivity (Wildman–Crippen MR) is 88.7 cm³/mol. The number of aromatic nitrogens is 1. The van der Waals surface area contributed by atoms with Crippen LogP contribution in [0.2, 0.25) is 0 Å². The molecule has 1 atom stereocenters. The van der Waals surface area contributed by atoms with Crippen LogP contribution in [0.4, 0.5) is 5.82 Å². The summed E-state index contributed by atoms with van der Waals surface area (Å²) in [5.74, 6) is 0.655. The molecule has 0 radical (unpaired) electrons. The Bertz CT molecular complexity index is 679. The van der Waals surface area contributed by atoms with Gasteiger partial charge in [0.2, 0.25) is 5.91 Å². The normalized spacial score (nSPS) is 15.9. The van der Waals surface area contributed by atoms with Crippen molar-refractivity contribution in [3.05, 3.63) is 48.6 Å². The van der Waals surface area contributed by atoms with Crippen LogP contribution < -0.4 is 10.2 Å². The number of rotatable bonds is 4. The second kappa shape index (κ2) is 7.16. The average molecular weight is 328 g/mol. The number of furan rings is 1. The second-order valence-corrected chi connectivity index (χ2v) is 5.67. The fourth-order valence-corrected chi connectivity index (χ4v) is 2.71. The molecule has 0 aliphatic carbocycles. The fourth-order valence-electron chi connectivity index (χ4n) is 2.71. The van der Waals surface area contributed by atoms with E-state index in [0.29, 0.717) is 13.1 Å². The topological polar surface area (TPSA) is 78.7 Å². The molecular weight excluding hydrogens is 308 g/mol. The molecule has 0 aromatic carbocycles. The van der Waals surface area contributed by atoms with Gasteiger partial charge in [0.15, 0.2) is 5.76 Å². The quantitative estimate of drug-likeness (QED) is 0.910. The van der Waals surface area contributed by atoms with Gasteiger partial charge in [-0.05, 0) is 31.2 Å².